The lowest BCUT2D eigenvalue weighted by Gasteiger charge is -2.44. The Kier molecular flexibility index (Phi) is 8.65. The standard InChI is InChI=1S/C30H32ClFN2O5/c1-30(2,3)27-17-22(13-14-34(27)29(36)37)39-28(35)33-25-11-10-21(32)16-23(25)20-9-12-26(24(31)15-20)38-18-19-7-5-4-6-8-19/h4-12,15-16,22,27H,13-14,17-18H2,1-3H3,(H,33,35)(H,36,37). The summed E-state index contributed by atoms with van der Waals surface area (Å²) in [4.78, 5) is 26.0. The van der Waals surface area contributed by atoms with Crippen molar-refractivity contribution >= 4 is 29.5 Å². The van der Waals surface area contributed by atoms with Gasteiger partial charge < -0.3 is 19.5 Å². The third-order valence-corrected chi connectivity index (χ3v) is 7.07. The van der Waals surface area contributed by atoms with E-state index >= 15 is 0 Å². The van der Waals surface area contributed by atoms with Gasteiger partial charge in [0.25, 0.3) is 0 Å². The minimum Gasteiger partial charge on any atom is -0.487 e. The van der Waals surface area contributed by atoms with Crippen molar-refractivity contribution in [1.29, 1.82) is 0 Å². The molecule has 9 heteroatoms. The summed E-state index contributed by atoms with van der Waals surface area (Å²) in [6.07, 6.45) is -1.35. The Bertz CT molecular complexity index is 1330. The first-order valence-corrected chi connectivity index (χ1v) is 13.1. The zero-order valence-corrected chi connectivity index (χ0v) is 22.9. The van der Waals surface area contributed by atoms with Crippen molar-refractivity contribution in [3.8, 4) is 16.9 Å². The molecule has 0 bridgehead atoms. The van der Waals surface area contributed by atoms with Gasteiger partial charge in [0.1, 0.15) is 24.3 Å². The Balaban J connectivity index is 1.46. The predicted octanol–water partition coefficient (Wildman–Crippen LogP) is 7.83. The second kappa shape index (κ2) is 11.9. The van der Waals surface area contributed by atoms with Gasteiger partial charge in [-0.15, -0.1) is 0 Å². The summed E-state index contributed by atoms with van der Waals surface area (Å²) in [5.74, 6) is 0.00852. The van der Waals surface area contributed by atoms with Crippen LogP contribution in [0.2, 0.25) is 5.02 Å². The van der Waals surface area contributed by atoms with Crippen LogP contribution in [0, 0.1) is 11.2 Å². The molecule has 0 radical (unpaired) electrons. The molecule has 206 valence electrons. The van der Waals surface area contributed by atoms with Gasteiger partial charge in [-0.3, -0.25) is 5.32 Å². The molecular formula is C30H32ClFN2O5. The van der Waals surface area contributed by atoms with Crippen LogP contribution in [0.4, 0.5) is 19.7 Å². The summed E-state index contributed by atoms with van der Waals surface area (Å²) >= 11 is 6.48. The highest BCUT2D eigenvalue weighted by molar-refractivity contribution is 6.32. The number of piperidine rings is 1. The minimum atomic E-state index is -0.982. The number of ether oxygens (including phenoxy) is 2. The highest BCUT2D eigenvalue weighted by Crippen LogP contribution is 2.36. The normalized spacial score (nSPS) is 17.4. The van der Waals surface area contributed by atoms with Gasteiger partial charge in [-0.2, -0.15) is 0 Å². The molecule has 3 aromatic carbocycles. The predicted molar refractivity (Wildman–Crippen MR) is 149 cm³/mol. The van der Waals surface area contributed by atoms with E-state index < -0.39 is 24.1 Å². The van der Waals surface area contributed by atoms with Gasteiger partial charge >= 0.3 is 12.2 Å². The Hall–Kier alpha value is -3.78. The summed E-state index contributed by atoms with van der Waals surface area (Å²) in [5, 5.41) is 12.6. The number of carbonyl (C=O) groups is 2. The highest BCUT2D eigenvalue weighted by atomic mass is 35.5. The van der Waals surface area contributed by atoms with Crippen LogP contribution < -0.4 is 10.1 Å². The number of benzene rings is 3. The van der Waals surface area contributed by atoms with Gasteiger partial charge in [-0.1, -0.05) is 68.8 Å². The van der Waals surface area contributed by atoms with Crippen LogP contribution >= 0.6 is 11.6 Å². The van der Waals surface area contributed by atoms with E-state index in [1.54, 1.807) is 18.2 Å². The molecule has 1 aliphatic rings. The number of hydrogen-bond acceptors (Lipinski definition) is 4. The first kappa shape index (κ1) is 28.2. The lowest BCUT2D eigenvalue weighted by molar-refractivity contribution is -0.00185. The number of amides is 2. The smallest absolute Gasteiger partial charge is 0.411 e. The van der Waals surface area contributed by atoms with Crippen LogP contribution in [0.25, 0.3) is 11.1 Å². The topological polar surface area (TPSA) is 88.1 Å². The van der Waals surface area contributed by atoms with Crippen LogP contribution in [0.1, 0.15) is 39.2 Å². The van der Waals surface area contributed by atoms with E-state index in [4.69, 9.17) is 21.1 Å². The lowest BCUT2D eigenvalue weighted by atomic mass is 9.80. The van der Waals surface area contributed by atoms with E-state index in [9.17, 15) is 19.1 Å². The fourth-order valence-electron chi connectivity index (χ4n) is 4.77. The molecule has 4 rings (SSSR count). The van der Waals surface area contributed by atoms with Crippen molar-refractivity contribution in [2.45, 2.75) is 52.4 Å². The number of halogens is 2. The SMILES string of the molecule is CC(C)(C)C1CC(OC(=O)Nc2ccc(F)cc2-c2ccc(OCc3ccccc3)c(Cl)c2)CCN1C(=O)O. The summed E-state index contributed by atoms with van der Waals surface area (Å²) in [6.45, 7) is 6.51. The maximum atomic E-state index is 14.2. The molecule has 0 aliphatic carbocycles. The molecule has 2 atom stereocenters. The van der Waals surface area contributed by atoms with Crippen molar-refractivity contribution in [2.75, 3.05) is 11.9 Å². The Morgan fingerprint density at radius 3 is 2.51 bits per heavy atom. The molecule has 1 fully saturated rings. The van der Waals surface area contributed by atoms with E-state index in [0.29, 0.717) is 47.0 Å². The third kappa shape index (κ3) is 7.20. The second-order valence-electron chi connectivity index (χ2n) is 10.6. The zero-order chi connectivity index (χ0) is 28.2. The summed E-state index contributed by atoms with van der Waals surface area (Å²) in [7, 11) is 0. The molecule has 7 nitrogen and oxygen atoms in total. The summed E-state index contributed by atoms with van der Waals surface area (Å²) in [5.41, 5.74) is 2.04. The van der Waals surface area contributed by atoms with Crippen LogP contribution in [-0.4, -0.2) is 40.9 Å². The quantitative estimate of drug-likeness (QED) is 0.324. The van der Waals surface area contributed by atoms with Gasteiger partial charge in [-0.05, 0) is 46.9 Å². The molecule has 3 aromatic rings. The average Bonchev–Trinajstić information content (AvgIpc) is 2.89. The summed E-state index contributed by atoms with van der Waals surface area (Å²) < 4.78 is 25.7. The van der Waals surface area contributed by atoms with Crippen LogP contribution in [0.5, 0.6) is 5.75 Å². The second-order valence-corrected chi connectivity index (χ2v) is 11.1. The molecule has 2 amide bonds. The molecular weight excluding hydrogens is 523 g/mol. The van der Waals surface area contributed by atoms with Gasteiger partial charge in [0.05, 0.1) is 10.7 Å². The zero-order valence-electron chi connectivity index (χ0n) is 22.1. The molecule has 2 unspecified atom stereocenters. The lowest BCUT2D eigenvalue weighted by Crippen LogP contribution is -2.53. The minimum absolute atomic E-state index is 0.272. The molecule has 1 saturated heterocycles. The Morgan fingerprint density at radius 1 is 1.10 bits per heavy atom. The number of carboxylic acid groups (broad SMARTS) is 1. The van der Waals surface area contributed by atoms with Crippen molar-refractivity contribution in [3.05, 3.63) is 83.1 Å². The Morgan fingerprint density at radius 2 is 1.85 bits per heavy atom. The van der Waals surface area contributed by atoms with Crippen molar-refractivity contribution in [1.82, 2.24) is 4.90 Å². The van der Waals surface area contributed by atoms with Crippen LogP contribution in [0.3, 0.4) is 0 Å². The molecule has 1 aliphatic heterocycles. The molecule has 0 saturated carbocycles. The number of anilines is 1. The first-order chi connectivity index (χ1) is 18.5. The Labute approximate surface area is 232 Å². The molecule has 0 aromatic heterocycles. The van der Waals surface area contributed by atoms with E-state index in [1.165, 1.54) is 23.1 Å². The maximum Gasteiger partial charge on any atom is 0.411 e. The molecule has 1 heterocycles. The molecule has 39 heavy (non-hydrogen) atoms. The van der Waals surface area contributed by atoms with E-state index in [1.807, 2.05) is 51.1 Å². The van der Waals surface area contributed by atoms with Crippen LogP contribution in [0.15, 0.2) is 66.7 Å². The van der Waals surface area contributed by atoms with E-state index in [-0.39, 0.29) is 18.0 Å². The largest absolute Gasteiger partial charge is 0.487 e. The molecule has 2 N–H and O–H groups in total. The number of nitrogens with zero attached hydrogens (tertiary/aromatic N) is 1. The van der Waals surface area contributed by atoms with Crippen molar-refractivity contribution < 1.29 is 28.6 Å². The number of nitrogens with one attached hydrogen (secondary N) is 1. The average molecular weight is 555 g/mol. The third-order valence-electron chi connectivity index (χ3n) is 6.77. The number of likely N-dealkylation sites (tertiary alicyclic amines) is 1. The van der Waals surface area contributed by atoms with Gasteiger partial charge in [0.2, 0.25) is 0 Å². The number of rotatable bonds is 6. The van der Waals surface area contributed by atoms with E-state index in [2.05, 4.69) is 5.32 Å². The van der Waals surface area contributed by atoms with Crippen molar-refractivity contribution in [2.24, 2.45) is 5.41 Å². The van der Waals surface area contributed by atoms with Gasteiger partial charge in [0.15, 0.2) is 0 Å². The highest BCUT2D eigenvalue weighted by Gasteiger charge is 2.40. The monoisotopic (exact) mass is 554 g/mol. The summed E-state index contributed by atoms with van der Waals surface area (Å²) in [6, 6.07) is 18.5. The van der Waals surface area contributed by atoms with E-state index in [0.717, 1.165) is 5.56 Å². The van der Waals surface area contributed by atoms with Gasteiger partial charge in [0, 0.05) is 31.0 Å². The molecule has 0 spiro atoms. The van der Waals surface area contributed by atoms with Crippen LogP contribution in [-0.2, 0) is 11.3 Å². The van der Waals surface area contributed by atoms with Crippen molar-refractivity contribution in [3.63, 3.8) is 0 Å². The fraction of sp³-hybridized carbons (Fsp3) is 0.333. The first-order valence-electron chi connectivity index (χ1n) is 12.7. The van der Waals surface area contributed by atoms with Gasteiger partial charge in [-0.25, -0.2) is 14.0 Å². The fourth-order valence-corrected chi connectivity index (χ4v) is 5.00. The number of carbonyl (C=O) groups excluding carboxylic acids is 1. The maximum absolute atomic E-state index is 14.2. The number of hydrogen-bond donors (Lipinski definition) is 2.